The van der Waals surface area contributed by atoms with E-state index in [1.807, 2.05) is 24.3 Å². The number of ether oxygens (including phenoxy) is 1. The fourth-order valence-electron chi connectivity index (χ4n) is 1.77. The van der Waals surface area contributed by atoms with Crippen molar-refractivity contribution in [3.05, 3.63) is 54.4 Å². The zero-order chi connectivity index (χ0) is 14.4. The van der Waals surface area contributed by atoms with E-state index in [1.165, 1.54) is 0 Å². The second kappa shape index (κ2) is 6.56. The van der Waals surface area contributed by atoms with Gasteiger partial charge >= 0.3 is 6.03 Å². The van der Waals surface area contributed by atoms with Gasteiger partial charge < -0.3 is 15.0 Å². The van der Waals surface area contributed by atoms with Crippen molar-refractivity contribution >= 4 is 11.7 Å². The number of methoxy groups -OCH3 is 1. The molecule has 5 nitrogen and oxygen atoms in total. The Morgan fingerprint density at radius 3 is 2.90 bits per heavy atom. The molecule has 0 spiro atoms. The zero-order valence-corrected chi connectivity index (χ0v) is 11.5. The smallest absolute Gasteiger partial charge is 0.321 e. The third kappa shape index (κ3) is 3.71. The maximum absolute atomic E-state index is 12.0. The molecule has 2 aromatic rings. The minimum absolute atomic E-state index is 0.180. The lowest BCUT2D eigenvalue weighted by Crippen LogP contribution is -2.30. The molecule has 1 N–H and O–H groups in total. The van der Waals surface area contributed by atoms with Crippen molar-refractivity contribution in [2.45, 2.75) is 6.54 Å². The number of carbonyl (C=O) groups excluding carboxylic acids is 1. The minimum atomic E-state index is -0.180. The number of hydrogen-bond donors (Lipinski definition) is 1. The number of anilines is 1. The van der Waals surface area contributed by atoms with E-state index in [0.717, 1.165) is 11.3 Å². The fourth-order valence-corrected chi connectivity index (χ4v) is 1.77. The number of pyridine rings is 1. The van der Waals surface area contributed by atoms with Crippen LogP contribution in [0.15, 0.2) is 48.8 Å². The third-order valence-corrected chi connectivity index (χ3v) is 2.81. The van der Waals surface area contributed by atoms with Gasteiger partial charge in [-0.2, -0.15) is 0 Å². The van der Waals surface area contributed by atoms with Gasteiger partial charge in [-0.15, -0.1) is 0 Å². The SMILES string of the molecule is COc1cccc(CN(C)C(=O)Nc2cccnc2)c1. The molecule has 20 heavy (non-hydrogen) atoms. The second-order valence-corrected chi connectivity index (χ2v) is 4.38. The molecule has 2 amide bonds. The van der Waals surface area contributed by atoms with Gasteiger partial charge in [-0.05, 0) is 29.8 Å². The summed E-state index contributed by atoms with van der Waals surface area (Å²) in [6.07, 6.45) is 3.27. The molecule has 0 fully saturated rings. The molecule has 1 aromatic heterocycles. The maximum atomic E-state index is 12.0. The Hall–Kier alpha value is -2.56. The van der Waals surface area contributed by atoms with Gasteiger partial charge in [0.1, 0.15) is 5.75 Å². The van der Waals surface area contributed by atoms with E-state index in [9.17, 15) is 4.79 Å². The summed E-state index contributed by atoms with van der Waals surface area (Å²) in [6.45, 7) is 0.503. The van der Waals surface area contributed by atoms with E-state index in [0.29, 0.717) is 12.2 Å². The normalized spacial score (nSPS) is 9.90. The summed E-state index contributed by atoms with van der Waals surface area (Å²) < 4.78 is 5.17. The van der Waals surface area contributed by atoms with Crippen LogP contribution in [0.3, 0.4) is 0 Å². The van der Waals surface area contributed by atoms with Crippen LogP contribution >= 0.6 is 0 Å². The monoisotopic (exact) mass is 271 g/mol. The number of benzene rings is 1. The van der Waals surface area contributed by atoms with E-state index in [-0.39, 0.29) is 6.03 Å². The molecule has 1 aromatic carbocycles. The summed E-state index contributed by atoms with van der Waals surface area (Å²) in [5.41, 5.74) is 1.68. The summed E-state index contributed by atoms with van der Waals surface area (Å²) in [5, 5.41) is 2.78. The molecule has 0 radical (unpaired) electrons. The van der Waals surface area contributed by atoms with Crippen LogP contribution in [0.2, 0.25) is 0 Å². The Morgan fingerprint density at radius 1 is 1.35 bits per heavy atom. The van der Waals surface area contributed by atoms with E-state index in [4.69, 9.17) is 4.74 Å². The third-order valence-electron chi connectivity index (χ3n) is 2.81. The van der Waals surface area contributed by atoms with Crippen molar-refractivity contribution < 1.29 is 9.53 Å². The van der Waals surface area contributed by atoms with Gasteiger partial charge in [0.2, 0.25) is 0 Å². The first-order chi connectivity index (χ1) is 9.69. The molecule has 0 unspecified atom stereocenters. The quantitative estimate of drug-likeness (QED) is 0.930. The number of nitrogens with one attached hydrogen (secondary N) is 1. The Balaban J connectivity index is 1.97. The molecule has 0 aliphatic heterocycles. The Bertz CT molecular complexity index is 572. The van der Waals surface area contributed by atoms with E-state index in [1.54, 1.807) is 43.6 Å². The van der Waals surface area contributed by atoms with Crippen LogP contribution in [-0.2, 0) is 6.54 Å². The molecular weight excluding hydrogens is 254 g/mol. The molecular formula is C15H17N3O2. The second-order valence-electron chi connectivity index (χ2n) is 4.38. The largest absolute Gasteiger partial charge is 0.497 e. The van der Waals surface area contributed by atoms with Crippen molar-refractivity contribution in [1.29, 1.82) is 0 Å². The molecule has 0 bridgehead atoms. The Morgan fingerprint density at radius 2 is 2.20 bits per heavy atom. The number of urea groups is 1. The highest BCUT2D eigenvalue weighted by molar-refractivity contribution is 5.88. The fraction of sp³-hybridized carbons (Fsp3) is 0.200. The van der Waals surface area contributed by atoms with Gasteiger partial charge in [-0.25, -0.2) is 4.79 Å². The van der Waals surface area contributed by atoms with Crippen molar-refractivity contribution in [2.75, 3.05) is 19.5 Å². The van der Waals surface area contributed by atoms with Gasteiger partial charge in [-0.3, -0.25) is 4.98 Å². The van der Waals surface area contributed by atoms with Gasteiger partial charge in [0.25, 0.3) is 0 Å². The zero-order valence-electron chi connectivity index (χ0n) is 11.5. The average Bonchev–Trinajstić information content (AvgIpc) is 2.48. The van der Waals surface area contributed by atoms with Crippen LogP contribution in [0.4, 0.5) is 10.5 Å². The number of aromatic nitrogens is 1. The first-order valence-corrected chi connectivity index (χ1v) is 6.24. The van der Waals surface area contributed by atoms with E-state index in [2.05, 4.69) is 10.3 Å². The van der Waals surface area contributed by atoms with Gasteiger partial charge in [0.15, 0.2) is 0 Å². The highest BCUT2D eigenvalue weighted by atomic mass is 16.5. The lowest BCUT2D eigenvalue weighted by molar-refractivity contribution is 0.220. The Labute approximate surface area is 118 Å². The highest BCUT2D eigenvalue weighted by Crippen LogP contribution is 2.14. The number of nitrogens with zero attached hydrogens (tertiary/aromatic N) is 2. The van der Waals surface area contributed by atoms with E-state index < -0.39 is 0 Å². The first-order valence-electron chi connectivity index (χ1n) is 6.24. The Kier molecular flexibility index (Phi) is 4.55. The molecule has 0 atom stereocenters. The number of rotatable bonds is 4. The summed E-state index contributed by atoms with van der Waals surface area (Å²) >= 11 is 0. The molecule has 0 saturated carbocycles. The molecule has 1 heterocycles. The van der Waals surface area contributed by atoms with Gasteiger partial charge in [-0.1, -0.05) is 12.1 Å². The standard InChI is InChI=1S/C15H17N3O2/c1-18(11-12-5-3-7-14(9-12)20-2)15(19)17-13-6-4-8-16-10-13/h3-10H,11H2,1-2H3,(H,17,19). The topological polar surface area (TPSA) is 54.5 Å². The van der Waals surface area contributed by atoms with Gasteiger partial charge in [0.05, 0.1) is 19.0 Å². The summed E-state index contributed by atoms with van der Waals surface area (Å²) in [5.74, 6) is 0.781. The lowest BCUT2D eigenvalue weighted by atomic mass is 10.2. The van der Waals surface area contributed by atoms with Crippen molar-refractivity contribution in [3.8, 4) is 5.75 Å². The van der Waals surface area contributed by atoms with Crippen LogP contribution in [0.25, 0.3) is 0 Å². The molecule has 0 aliphatic rings. The molecule has 0 aliphatic carbocycles. The molecule has 5 heteroatoms. The molecule has 0 saturated heterocycles. The van der Waals surface area contributed by atoms with E-state index >= 15 is 0 Å². The number of carbonyl (C=O) groups is 1. The highest BCUT2D eigenvalue weighted by Gasteiger charge is 2.09. The van der Waals surface area contributed by atoms with Crippen LogP contribution < -0.4 is 10.1 Å². The summed E-state index contributed by atoms with van der Waals surface area (Å²) in [6, 6.07) is 11.0. The van der Waals surface area contributed by atoms with Crippen LogP contribution in [-0.4, -0.2) is 30.1 Å². The summed E-state index contributed by atoms with van der Waals surface area (Å²) in [4.78, 5) is 17.6. The number of hydrogen-bond acceptors (Lipinski definition) is 3. The van der Waals surface area contributed by atoms with Crippen LogP contribution in [0.1, 0.15) is 5.56 Å². The summed E-state index contributed by atoms with van der Waals surface area (Å²) in [7, 11) is 3.36. The van der Waals surface area contributed by atoms with Crippen LogP contribution in [0.5, 0.6) is 5.75 Å². The van der Waals surface area contributed by atoms with Crippen molar-refractivity contribution in [2.24, 2.45) is 0 Å². The maximum Gasteiger partial charge on any atom is 0.321 e. The predicted octanol–water partition coefficient (Wildman–Crippen LogP) is 2.75. The lowest BCUT2D eigenvalue weighted by Gasteiger charge is -2.18. The number of amides is 2. The van der Waals surface area contributed by atoms with Gasteiger partial charge in [0, 0.05) is 19.8 Å². The average molecular weight is 271 g/mol. The van der Waals surface area contributed by atoms with Crippen LogP contribution in [0, 0.1) is 0 Å². The first kappa shape index (κ1) is 13.9. The van der Waals surface area contributed by atoms with Crippen molar-refractivity contribution in [1.82, 2.24) is 9.88 Å². The predicted molar refractivity (Wildman–Crippen MR) is 77.7 cm³/mol. The van der Waals surface area contributed by atoms with Crippen molar-refractivity contribution in [3.63, 3.8) is 0 Å². The molecule has 2 rings (SSSR count). The minimum Gasteiger partial charge on any atom is -0.497 e. The molecule has 104 valence electrons.